The maximum Gasteiger partial charge on any atom is 0.282 e. The van der Waals surface area contributed by atoms with Crippen LogP contribution < -0.4 is 15.1 Å². The lowest BCUT2D eigenvalue weighted by Crippen LogP contribution is -3.19. The van der Waals surface area contributed by atoms with Crippen molar-refractivity contribution >= 4 is 23.0 Å². The first kappa shape index (κ1) is 20.6. The number of nitrogens with zero attached hydrogens (tertiary/aromatic N) is 2. The van der Waals surface area contributed by atoms with E-state index in [1.165, 1.54) is 12.1 Å². The summed E-state index contributed by atoms with van der Waals surface area (Å²) in [5.74, 6) is -4.86. The zero-order valence-electron chi connectivity index (χ0n) is 15.6. The third-order valence-corrected chi connectivity index (χ3v) is 5.13. The molecule has 1 saturated heterocycles. The zero-order chi connectivity index (χ0) is 21.1. The summed E-state index contributed by atoms with van der Waals surface area (Å²) in [6, 6.07) is 7.48. The van der Waals surface area contributed by atoms with E-state index in [4.69, 9.17) is 0 Å². The fraction of sp³-hybridized carbons (Fsp3) is 0.316. The molecule has 2 aromatic carbocycles. The Labute approximate surface area is 164 Å². The fourth-order valence-electron chi connectivity index (χ4n) is 3.32. The number of piperazine rings is 1. The molecule has 1 heterocycles. The van der Waals surface area contributed by atoms with Gasteiger partial charge in [0.1, 0.15) is 0 Å². The van der Waals surface area contributed by atoms with Crippen molar-refractivity contribution in [2.45, 2.75) is 13.0 Å². The van der Waals surface area contributed by atoms with Crippen molar-refractivity contribution in [3.63, 3.8) is 0 Å². The van der Waals surface area contributed by atoms with Gasteiger partial charge in [0.25, 0.3) is 11.6 Å². The minimum absolute atomic E-state index is 0.0211. The number of hydrogen-bond donors (Lipinski definition) is 2. The van der Waals surface area contributed by atoms with Crippen LogP contribution in [-0.2, 0) is 4.79 Å². The van der Waals surface area contributed by atoms with Crippen LogP contribution in [-0.4, -0.2) is 43.1 Å². The summed E-state index contributed by atoms with van der Waals surface area (Å²) >= 11 is 0. The third kappa shape index (κ3) is 4.48. The first-order valence-electron chi connectivity index (χ1n) is 9.06. The molecule has 1 amide bonds. The van der Waals surface area contributed by atoms with E-state index in [1.807, 2.05) is 0 Å². The number of amides is 1. The molecule has 154 valence electrons. The summed E-state index contributed by atoms with van der Waals surface area (Å²) in [5, 5.41) is 13.1. The Morgan fingerprint density at radius 3 is 2.31 bits per heavy atom. The van der Waals surface area contributed by atoms with Gasteiger partial charge in [0, 0.05) is 17.8 Å². The van der Waals surface area contributed by atoms with Crippen LogP contribution in [0.3, 0.4) is 0 Å². The van der Waals surface area contributed by atoms with Crippen molar-refractivity contribution in [3.05, 3.63) is 64.0 Å². The first-order valence-corrected chi connectivity index (χ1v) is 9.06. The Hall–Kier alpha value is -3.14. The zero-order valence-corrected chi connectivity index (χ0v) is 15.6. The van der Waals surface area contributed by atoms with Crippen molar-refractivity contribution in [2.75, 3.05) is 36.4 Å². The van der Waals surface area contributed by atoms with Gasteiger partial charge in [-0.05, 0) is 31.2 Å². The summed E-state index contributed by atoms with van der Waals surface area (Å²) in [6.45, 7) is 4.18. The molecule has 2 aromatic rings. The second-order valence-corrected chi connectivity index (χ2v) is 6.85. The van der Waals surface area contributed by atoms with Crippen LogP contribution in [0.15, 0.2) is 36.4 Å². The van der Waals surface area contributed by atoms with Gasteiger partial charge in [-0.3, -0.25) is 14.9 Å². The van der Waals surface area contributed by atoms with Gasteiger partial charge in [-0.2, -0.15) is 0 Å². The summed E-state index contributed by atoms with van der Waals surface area (Å²) in [4.78, 5) is 25.7. The maximum atomic E-state index is 13.8. The van der Waals surface area contributed by atoms with E-state index in [0.717, 1.165) is 22.7 Å². The molecule has 10 heteroatoms. The van der Waals surface area contributed by atoms with E-state index in [2.05, 4.69) is 10.2 Å². The van der Waals surface area contributed by atoms with Crippen LogP contribution >= 0.6 is 0 Å². The largest absolute Gasteiger partial charge is 0.360 e. The molecule has 2 N–H and O–H groups in total. The smallest absolute Gasteiger partial charge is 0.282 e. The van der Waals surface area contributed by atoms with Gasteiger partial charge in [0.05, 0.1) is 36.8 Å². The number of nitro groups is 1. The minimum atomic E-state index is -1.63. The number of non-ortho nitro benzene ring substituents is 1. The number of nitrogens with one attached hydrogen (secondary N) is 2. The molecule has 0 bridgehead atoms. The van der Waals surface area contributed by atoms with Crippen molar-refractivity contribution in [3.8, 4) is 0 Å². The Bertz CT molecular complexity index is 916. The number of nitro benzene ring substituents is 1. The van der Waals surface area contributed by atoms with Gasteiger partial charge in [-0.15, -0.1) is 0 Å². The van der Waals surface area contributed by atoms with Crippen LogP contribution in [0.2, 0.25) is 0 Å². The summed E-state index contributed by atoms with van der Waals surface area (Å²) in [5.41, 5.74) is 0.480. The molecule has 7 nitrogen and oxygen atoms in total. The molecule has 1 fully saturated rings. The lowest BCUT2D eigenvalue weighted by molar-refractivity contribution is -0.914. The molecule has 0 unspecified atom stereocenters. The average Bonchev–Trinajstić information content (AvgIpc) is 2.73. The quantitative estimate of drug-likeness (QED) is 0.448. The Morgan fingerprint density at radius 1 is 1.10 bits per heavy atom. The van der Waals surface area contributed by atoms with Gasteiger partial charge < -0.3 is 15.1 Å². The predicted molar refractivity (Wildman–Crippen MR) is 100 cm³/mol. The van der Waals surface area contributed by atoms with E-state index >= 15 is 0 Å². The lowest BCUT2D eigenvalue weighted by atomic mass is 10.2. The van der Waals surface area contributed by atoms with Crippen molar-refractivity contribution in [1.82, 2.24) is 0 Å². The van der Waals surface area contributed by atoms with Gasteiger partial charge in [0.15, 0.2) is 23.5 Å². The number of rotatable bonds is 5. The summed E-state index contributed by atoms with van der Waals surface area (Å²) in [6.07, 6.45) is 0. The van der Waals surface area contributed by atoms with Crippen LogP contribution in [0, 0.1) is 27.6 Å². The number of carbonyl (C=O) groups excluding carboxylic acids is 1. The first-order chi connectivity index (χ1) is 13.8. The average molecular weight is 409 g/mol. The molecule has 0 radical (unpaired) electrons. The molecular weight excluding hydrogens is 389 g/mol. The third-order valence-electron chi connectivity index (χ3n) is 5.13. The summed E-state index contributed by atoms with van der Waals surface area (Å²) in [7, 11) is 0. The molecule has 0 aliphatic carbocycles. The number of benzene rings is 2. The highest BCUT2D eigenvalue weighted by molar-refractivity contribution is 5.93. The highest BCUT2D eigenvalue weighted by atomic mass is 19.2. The van der Waals surface area contributed by atoms with Crippen LogP contribution in [0.5, 0.6) is 0 Å². The van der Waals surface area contributed by atoms with E-state index < -0.39 is 40.0 Å². The van der Waals surface area contributed by atoms with Gasteiger partial charge in [-0.25, -0.2) is 13.2 Å². The highest BCUT2D eigenvalue weighted by Crippen LogP contribution is 2.20. The van der Waals surface area contributed by atoms with Gasteiger partial charge in [0.2, 0.25) is 0 Å². The molecule has 0 saturated carbocycles. The number of hydrogen-bond acceptors (Lipinski definition) is 4. The lowest BCUT2D eigenvalue weighted by Gasteiger charge is -2.36. The SMILES string of the molecule is C[C@H](C(=O)Nc1ccc(F)c(F)c1F)[NH+]1CCN(c2ccc([N+](=O)[O-])cc2)CC1. The molecule has 1 atom stereocenters. The molecule has 3 rings (SSSR count). The highest BCUT2D eigenvalue weighted by Gasteiger charge is 2.30. The van der Waals surface area contributed by atoms with Crippen molar-refractivity contribution < 1.29 is 27.8 Å². The van der Waals surface area contributed by atoms with E-state index in [-0.39, 0.29) is 5.69 Å². The van der Waals surface area contributed by atoms with Crippen LogP contribution in [0.25, 0.3) is 0 Å². The topological polar surface area (TPSA) is 79.9 Å². The number of halogens is 3. The second-order valence-electron chi connectivity index (χ2n) is 6.85. The van der Waals surface area contributed by atoms with Crippen molar-refractivity contribution in [1.29, 1.82) is 0 Å². The van der Waals surface area contributed by atoms with E-state index in [0.29, 0.717) is 26.2 Å². The summed E-state index contributed by atoms with van der Waals surface area (Å²) < 4.78 is 40.1. The van der Waals surface area contributed by atoms with E-state index in [9.17, 15) is 28.1 Å². The Kier molecular flexibility index (Phi) is 6.02. The molecule has 0 aromatic heterocycles. The van der Waals surface area contributed by atoms with Crippen LogP contribution in [0.1, 0.15) is 6.92 Å². The second kappa shape index (κ2) is 8.48. The Balaban J connectivity index is 1.58. The van der Waals surface area contributed by atoms with Gasteiger partial charge >= 0.3 is 0 Å². The normalized spacial score (nSPS) is 15.8. The molecule has 1 aliphatic rings. The molecule has 29 heavy (non-hydrogen) atoms. The van der Waals surface area contributed by atoms with Crippen LogP contribution in [0.4, 0.5) is 30.2 Å². The molecule has 0 spiro atoms. The van der Waals surface area contributed by atoms with Gasteiger partial charge in [-0.1, -0.05) is 0 Å². The number of anilines is 2. The van der Waals surface area contributed by atoms with E-state index in [1.54, 1.807) is 19.1 Å². The fourth-order valence-corrected chi connectivity index (χ4v) is 3.32. The monoisotopic (exact) mass is 409 g/mol. The minimum Gasteiger partial charge on any atom is -0.360 e. The standard InChI is InChI=1S/C19H19F3N4O3/c1-12(19(27)23-16-7-6-15(20)17(21)18(16)22)24-8-10-25(11-9-24)13-2-4-14(5-3-13)26(28)29/h2-7,12H,8-11H2,1H3,(H,23,27)/p+1/t12-/m1/s1. The van der Waals surface area contributed by atoms with Crippen molar-refractivity contribution in [2.24, 2.45) is 0 Å². The Morgan fingerprint density at radius 2 is 1.72 bits per heavy atom. The predicted octanol–water partition coefficient (Wildman–Crippen LogP) is 1.74. The molecular formula is C19H20F3N4O3+. The maximum absolute atomic E-state index is 13.8. The number of quaternary nitrogens is 1. The number of carbonyl (C=O) groups is 1. The molecule has 1 aliphatic heterocycles.